The number of carbonyl (C=O) groups excluding carboxylic acids is 1. The van der Waals surface area contributed by atoms with E-state index < -0.39 is 5.60 Å². The molecule has 1 aromatic heterocycles. The summed E-state index contributed by atoms with van der Waals surface area (Å²) in [5.74, 6) is 0. The van der Waals surface area contributed by atoms with E-state index in [1.54, 1.807) is 11.3 Å². The Balaban J connectivity index is 2.03. The summed E-state index contributed by atoms with van der Waals surface area (Å²) in [6, 6.07) is 1.91. The first-order valence-corrected chi connectivity index (χ1v) is 7.26. The number of thiophene rings is 1. The highest BCUT2D eigenvalue weighted by Crippen LogP contribution is 2.17. The molecule has 0 saturated carbocycles. The Hall–Kier alpha value is -1.27. The molecule has 0 aromatic carbocycles. The lowest BCUT2D eigenvalue weighted by Crippen LogP contribution is -2.33. The topological polar surface area (TPSA) is 76.4 Å². The molecular formula is C13H23N3O2S. The molecule has 1 rings (SSSR count). The molecule has 0 spiro atoms. The first-order chi connectivity index (χ1) is 8.88. The second kappa shape index (κ2) is 7.35. The van der Waals surface area contributed by atoms with Crippen molar-refractivity contribution in [3.05, 3.63) is 16.3 Å². The predicted molar refractivity (Wildman–Crippen MR) is 79.3 cm³/mol. The largest absolute Gasteiger partial charge is 0.444 e. The van der Waals surface area contributed by atoms with E-state index in [2.05, 4.69) is 10.6 Å². The van der Waals surface area contributed by atoms with Crippen molar-refractivity contribution in [2.24, 2.45) is 0 Å². The van der Waals surface area contributed by atoms with Gasteiger partial charge in [0.15, 0.2) is 0 Å². The highest BCUT2D eigenvalue weighted by atomic mass is 32.1. The van der Waals surface area contributed by atoms with Crippen molar-refractivity contribution in [2.45, 2.75) is 39.3 Å². The lowest BCUT2D eigenvalue weighted by atomic mass is 10.2. The maximum Gasteiger partial charge on any atom is 0.407 e. The van der Waals surface area contributed by atoms with Crippen LogP contribution in [-0.2, 0) is 11.3 Å². The average molecular weight is 285 g/mol. The minimum atomic E-state index is -0.445. The van der Waals surface area contributed by atoms with Gasteiger partial charge >= 0.3 is 6.09 Å². The SMILES string of the molecule is CC(C)(C)OC(=O)NCCCNCc1sccc1N. The molecule has 4 N–H and O–H groups in total. The number of amides is 1. The van der Waals surface area contributed by atoms with Gasteiger partial charge in [-0.2, -0.15) is 0 Å². The van der Waals surface area contributed by atoms with Gasteiger partial charge in [0.1, 0.15) is 5.60 Å². The van der Waals surface area contributed by atoms with E-state index >= 15 is 0 Å². The molecule has 0 aliphatic heterocycles. The van der Waals surface area contributed by atoms with E-state index in [1.807, 2.05) is 32.2 Å². The molecule has 1 heterocycles. The van der Waals surface area contributed by atoms with Gasteiger partial charge in [0.25, 0.3) is 0 Å². The summed E-state index contributed by atoms with van der Waals surface area (Å²) >= 11 is 1.65. The molecule has 108 valence electrons. The average Bonchev–Trinajstić information content (AvgIpc) is 2.67. The third-order valence-corrected chi connectivity index (χ3v) is 3.20. The maximum atomic E-state index is 11.4. The van der Waals surface area contributed by atoms with Crippen LogP contribution < -0.4 is 16.4 Å². The number of carbonyl (C=O) groups is 1. The Morgan fingerprint density at radius 3 is 2.74 bits per heavy atom. The highest BCUT2D eigenvalue weighted by molar-refractivity contribution is 7.10. The first-order valence-electron chi connectivity index (χ1n) is 6.38. The molecule has 0 atom stereocenters. The molecule has 19 heavy (non-hydrogen) atoms. The van der Waals surface area contributed by atoms with Crippen LogP contribution in [0.3, 0.4) is 0 Å². The van der Waals surface area contributed by atoms with Crippen LogP contribution in [0.5, 0.6) is 0 Å². The van der Waals surface area contributed by atoms with Crippen LogP contribution in [0.1, 0.15) is 32.1 Å². The minimum Gasteiger partial charge on any atom is -0.444 e. The highest BCUT2D eigenvalue weighted by Gasteiger charge is 2.15. The van der Waals surface area contributed by atoms with Crippen LogP contribution in [0, 0.1) is 0 Å². The van der Waals surface area contributed by atoms with E-state index in [9.17, 15) is 4.79 Å². The second-order valence-electron chi connectivity index (χ2n) is 5.26. The smallest absolute Gasteiger partial charge is 0.407 e. The van der Waals surface area contributed by atoms with Gasteiger partial charge in [0.2, 0.25) is 0 Å². The Morgan fingerprint density at radius 2 is 2.16 bits per heavy atom. The molecule has 1 amide bonds. The van der Waals surface area contributed by atoms with Gasteiger partial charge in [-0.05, 0) is 45.2 Å². The van der Waals surface area contributed by atoms with Gasteiger partial charge in [-0.15, -0.1) is 11.3 Å². The number of nitrogen functional groups attached to an aromatic ring is 1. The Kier molecular flexibility index (Phi) is 6.11. The minimum absolute atomic E-state index is 0.366. The Bertz CT molecular complexity index is 399. The van der Waals surface area contributed by atoms with Gasteiger partial charge in [0, 0.05) is 23.7 Å². The number of nitrogens with two attached hydrogens (primary N) is 1. The van der Waals surface area contributed by atoms with E-state index in [0.717, 1.165) is 30.1 Å². The van der Waals surface area contributed by atoms with Gasteiger partial charge in [-0.25, -0.2) is 4.79 Å². The van der Waals surface area contributed by atoms with Gasteiger partial charge in [0.05, 0.1) is 0 Å². The summed E-state index contributed by atoms with van der Waals surface area (Å²) in [6.07, 6.45) is 0.486. The van der Waals surface area contributed by atoms with E-state index in [1.165, 1.54) is 0 Å². The van der Waals surface area contributed by atoms with Crippen molar-refractivity contribution < 1.29 is 9.53 Å². The number of ether oxygens (including phenoxy) is 1. The molecule has 0 aliphatic carbocycles. The van der Waals surface area contributed by atoms with Crippen molar-refractivity contribution in [3.8, 4) is 0 Å². The zero-order valence-electron chi connectivity index (χ0n) is 11.8. The van der Waals surface area contributed by atoms with Crippen molar-refractivity contribution in [2.75, 3.05) is 18.8 Å². The number of rotatable bonds is 6. The standard InChI is InChI=1S/C13H23N3O2S/c1-13(2,3)18-12(17)16-7-4-6-15-9-11-10(14)5-8-19-11/h5,8,15H,4,6-7,9,14H2,1-3H3,(H,16,17). The first kappa shape index (κ1) is 15.8. The predicted octanol–water partition coefficient (Wildman–Crippen LogP) is 2.33. The van der Waals surface area contributed by atoms with Crippen molar-refractivity contribution in [3.63, 3.8) is 0 Å². The number of nitrogens with one attached hydrogen (secondary N) is 2. The third-order valence-electron chi connectivity index (χ3n) is 2.26. The van der Waals surface area contributed by atoms with Gasteiger partial charge in [-0.1, -0.05) is 0 Å². The number of hydrogen-bond donors (Lipinski definition) is 3. The number of hydrogen-bond acceptors (Lipinski definition) is 5. The fourth-order valence-electron chi connectivity index (χ4n) is 1.41. The molecule has 0 aliphatic rings. The number of anilines is 1. The van der Waals surface area contributed by atoms with Gasteiger partial charge in [-0.3, -0.25) is 0 Å². The molecule has 0 radical (unpaired) electrons. The zero-order valence-corrected chi connectivity index (χ0v) is 12.6. The molecular weight excluding hydrogens is 262 g/mol. The maximum absolute atomic E-state index is 11.4. The molecule has 5 nitrogen and oxygen atoms in total. The van der Waals surface area contributed by atoms with Crippen molar-refractivity contribution in [1.29, 1.82) is 0 Å². The Morgan fingerprint density at radius 1 is 1.42 bits per heavy atom. The second-order valence-corrected chi connectivity index (χ2v) is 6.26. The fourth-order valence-corrected chi connectivity index (χ4v) is 2.18. The number of alkyl carbamates (subject to hydrolysis) is 1. The van der Waals surface area contributed by atoms with Crippen LogP contribution >= 0.6 is 11.3 Å². The van der Waals surface area contributed by atoms with Crippen LogP contribution in [0.15, 0.2) is 11.4 Å². The fraction of sp³-hybridized carbons (Fsp3) is 0.615. The normalized spacial score (nSPS) is 11.3. The van der Waals surface area contributed by atoms with E-state index in [4.69, 9.17) is 10.5 Å². The van der Waals surface area contributed by atoms with Crippen LogP contribution in [0.25, 0.3) is 0 Å². The monoisotopic (exact) mass is 285 g/mol. The Labute approximate surface area is 118 Å². The quantitative estimate of drug-likeness (QED) is 0.701. The molecule has 0 fully saturated rings. The summed E-state index contributed by atoms with van der Waals surface area (Å²) in [6.45, 7) is 7.74. The van der Waals surface area contributed by atoms with Crippen molar-refractivity contribution in [1.82, 2.24) is 10.6 Å². The molecule has 0 saturated heterocycles. The lowest BCUT2D eigenvalue weighted by molar-refractivity contribution is 0.0527. The summed E-state index contributed by atoms with van der Waals surface area (Å²) in [5, 5.41) is 7.99. The summed E-state index contributed by atoms with van der Waals surface area (Å²) < 4.78 is 5.13. The van der Waals surface area contributed by atoms with E-state index in [-0.39, 0.29) is 6.09 Å². The lowest BCUT2D eigenvalue weighted by Gasteiger charge is -2.19. The zero-order chi connectivity index (χ0) is 14.3. The van der Waals surface area contributed by atoms with Gasteiger partial charge < -0.3 is 21.1 Å². The van der Waals surface area contributed by atoms with Crippen LogP contribution in [0.2, 0.25) is 0 Å². The molecule has 1 aromatic rings. The van der Waals surface area contributed by atoms with Crippen molar-refractivity contribution >= 4 is 23.1 Å². The summed E-state index contributed by atoms with van der Waals surface area (Å²) in [5.41, 5.74) is 6.17. The molecule has 0 unspecified atom stereocenters. The van der Waals surface area contributed by atoms with E-state index in [0.29, 0.717) is 6.54 Å². The molecule has 0 bridgehead atoms. The van der Waals surface area contributed by atoms with Crippen LogP contribution in [-0.4, -0.2) is 24.8 Å². The summed E-state index contributed by atoms with van der Waals surface area (Å²) in [7, 11) is 0. The summed E-state index contributed by atoms with van der Waals surface area (Å²) in [4.78, 5) is 12.5. The van der Waals surface area contributed by atoms with Crippen LogP contribution in [0.4, 0.5) is 10.5 Å². The molecule has 6 heteroatoms. The third kappa shape index (κ3) is 7.03.